The molecule has 0 saturated heterocycles. The van der Waals surface area contributed by atoms with Gasteiger partial charge in [0, 0.05) is 23.3 Å². The van der Waals surface area contributed by atoms with E-state index in [1.54, 1.807) is 0 Å². The predicted molar refractivity (Wildman–Crippen MR) is 78.4 cm³/mol. The van der Waals surface area contributed by atoms with E-state index in [-0.39, 0.29) is 0 Å². The van der Waals surface area contributed by atoms with Crippen molar-refractivity contribution in [2.45, 2.75) is 6.42 Å². The molecule has 0 saturated carbocycles. The maximum absolute atomic E-state index is 5.35. The molecule has 2 heteroatoms. The number of aromatic nitrogens is 1. The van der Waals surface area contributed by atoms with Crippen molar-refractivity contribution in [3.05, 3.63) is 76.6 Å². The summed E-state index contributed by atoms with van der Waals surface area (Å²) in [6, 6.07) is 16.8. The van der Waals surface area contributed by atoms with Crippen LogP contribution in [0.25, 0.3) is 10.8 Å². The fraction of sp³-hybridized carbons (Fsp3) is 0.0625. The zero-order valence-electron chi connectivity index (χ0n) is 9.89. The van der Waals surface area contributed by atoms with Crippen LogP contribution in [0.15, 0.2) is 60.9 Å². The summed E-state index contributed by atoms with van der Waals surface area (Å²) >= 11 is 5.35. The molecule has 1 heterocycles. The molecule has 2 aromatic carbocycles. The maximum Gasteiger partial charge on any atom is 0.0441 e. The number of hydrogen-bond donors (Lipinski definition) is 1. The molecular formula is C16H13NS. The lowest BCUT2D eigenvalue weighted by Crippen LogP contribution is -1.91. The Morgan fingerprint density at radius 3 is 2.61 bits per heavy atom. The van der Waals surface area contributed by atoms with Gasteiger partial charge in [0.25, 0.3) is 0 Å². The molecule has 1 nitrogen and oxygen atoms in total. The van der Waals surface area contributed by atoms with Crippen molar-refractivity contribution in [1.82, 2.24) is 4.98 Å². The lowest BCUT2D eigenvalue weighted by molar-refractivity contribution is 1.15. The Morgan fingerprint density at radius 2 is 1.72 bits per heavy atom. The third-order valence-electron chi connectivity index (χ3n) is 3.17. The van der Waals surface area contributed by atoms with Crippen molar-refractivity contribution in [3.8, 4) is 0 Å². The Bertz CT molecular complexity index is 738. The first kappa shape index (κ1) is 11.2. The van der Waals surface area contributed by atoms with E-state index in [0.29, 0.717) is 0 Å². The lowest BCUT2D eigenvalue weighted by Gasteiger charge is -2.06. The third kappa shape index (κ3) is 2.07. The van der Waals surface area contributed by atoms with Gasteiger partial charge in [0.05, 0.1) is 0 Å². The highest BCUT2D eigenvalue weighted by Crippen LogP contribution is 2.21. The van der Waals surface area contributed by atoms with Crippen molar-refractivity contribution in [2.24, 2.45) is 0 Å². The first-order chi connectivity index (χ1) is 8.84. The zero-order valence-corrected chi connectivity index (χ0v) is 10.7. The van der Waals surface area contributed by atoms with Crippen LogP contribution in [0, 0.1) is 4.51 Å². The van der Waals surface area contributed by atoms with Gasteiger partial charge in [-0.1, -0.05) is 54.7 Å². The first-order valence-electron chi connectivity index (χ1n) is 5.97. The maximum atomic E-state index is 5.35. The van der Waals surface area contributed by atoms with Crippen LogP contribution in [0.1, 0.15) is 11.1 Å². The Labute approximate surface area is 111 Å². The second-order valence-corrected chi connectivity index (χ2v) is 4.79. The average Bonchev–Trinajstić information content (AvgIpc) is 2.42. The fourth-order valence-corrected chi connectivity index (χ4v) is 2.44. The highest BCUT2D eigenvalue weighted by molar-refractivity contribution is 7.71. The molecule has 88 valence electrons. The van der Waals surface area contributed by atoms with Crippen LogP contribution in [0.2, 0.25) is 0 Å². The smallest absolute Gasteiger partial charge is 0.0441 e. The van der Waals surface area contributed by atoms with Gasteiger partial charge in [-0.15, -0.1) is 0 Å². The topological polar surface area (TPSA) is 15.8 Å². The molecule has 0 aliphatic rings. The molecular weight excluding hydrogens is 238 g/mol. The number of benzene rings is 2. The summed E-state index contributed by atoms with van der Waals surface area (Å²) in [5.41, 5.74) is 2.49. The van der Waals surface area contributed by atoms with Gasteiger partial charge in [0.1, 0.15) is 0 Å². The SMILES string of the molecule is S=c1cc[nH]cc1Cc1cccc2ccccc12. The Hall–Kier alpha value is -1.93. The van der Waals surface area contributed by atoms with Crippen molar-refractivity contribution in [3.63, 3.8) is 0 Å². The zero-order chi connectivity index (χ0) is 12.4. The minimum absolute atomic E-state index is 0.873. The quantitative estimate of drug-likeness (QED) is 0.664. The highest BCUT2D eigenvalue weighted by atomic mass is 32.1. The van der Waals surface area contributed by atoms with Crippen LogP contribution in [-0.4, -0.2) is 4.98 Å². The van der Waals surface area contributed by atoms with Gasteiger partial charge in [0.15, 0.2) is 0 Å². The molecule has 0 aliphatic heterocycles. The van der Waals surface area contributed by atoms with Crippen molar-refractivity contribution < 1.29 is 0 Å². The van der Waals surface area contributed by atoms with Gasteiger partial charge >= 0.3 is 0 Å². The number of H-pyrrole nitrogens is 1. The lowest BCUT2D eigenvalue weighted by atomic mass is 9.99. The van der Waals surface area contributed by atoms with Crippen LogP contribution >= 0.6 is 12.2 Å². The van der Waals surface area contributed by atoms with E-state index in [1.807, 2.05) is 18.5 Å². The van der Waals surface area contributed by atoms with Crippen molar-refractivity contribution in [2.75, 3.05) is 0 Å². The van der Waals surface area contributed by atoms with Gasteiger partial charge in [-0.25, -0.2) is 0 Å². The van der Waals surface area contributed by atoms with Crippen molar-refractivity contribution in [1.29, 1.82) is 0 Å². The predicted octanol–water partition coefficient (Wildman–Crippen LogP) is 4.49. The van der Waals surface area contributed by atoms with E-state index in [1.165, 1.54) is 21.9 Å². The largest absolute Gasteiger partial charge is 0.367 e. The van der Waals surface area contributed by atoms with Gasteiger partial charge in [0.2, 0.25) is 0 Å². The van der Waals surface area contributed by atoms with E-state index in [4.69, 9.17) is 12.2 Å². The minimum Gasteiger partial charge on any atom is -0.367 e. The van der Waals surface area contributed by atoms with Crippen LogP contribution in [-0.2, 0) is 6.42 Å². The average molecular weight is 251 g/mol. The Balaban J connectivity index is 2.11. The summed E-state index contributed by atoms with van der Waals surface area (Å²) in [5, 5.41) is 2.58. The Kier molecular flexibility index (Phi) is 2.95. The van der Waals surface area contributed by atoms with Crippen LogP contribution < -0.4 is 0 Å². The van der Waals surface area contributed by atoms with E-state index >= 15 is 0 Å². The standard InChI is InChI=1S/C16H13NS/c18-16-8-9-17-11-14(16)10-13-6-3-5-12-4-1-2-7-15(12)13/h1-9,11H,10H2,(H,17,18). The van der Waals surface area contributed by atoms with Crippen LogP contribution in [0.5, 0.6) is 0 Å². The molecule has 0 unspecified atom stereocenters. The molecule has 1 N–H and O–H groups in total. The summed E-state index contributed by atoms with van der Waals surface area (Å²) in [5.74, 6) is 0. The molecule has 3 aromatic rings. The summed E-state index contributed by atoms with van der Waals surface area (Å²) in [6.45, 7) is 0. The number of fused-ring (bicyclic) bond motifs is 1. The van der Waals surface area contributed by atoms with Crippen LogP contribution in [0.3, 0.4) is 0 Å². The monoisotopic (exact) mass is 251 g/mol. The van der Waals surface area contributed by atoms with E-state index in [9.17, 15) is 0 Å². The molecule has 3 rings (SSSR count). The summed E-state index contributed by atoms with van der Waals surface area (Å²) in [4.78, 5) is 3.10. The summed E-state index contributed by atoms with van der Waals surface area (Å²) in [6.07, 6.45) is 4.73. The molecule has 0 spiro atoms. The van der Waals surface area contributed by atoms with Gasteiger partial charge in [-0.05, 0) is 28.0 Å². The molecule has 0 radical (unpaired) electrons. The molecule has 0 fully saturated rings. The normalized spacial score (nSPS) is 10.7. The van der Waals surface area contributed by atoms with Gasteiger partial charge in [-0.3, -0.25) is 0 Å². The first-order valence-corrected chi connectivity index (χ1v) is 6.38. The number of pyridine rings is 1. The highest BCUT2D eigenvalue weighted by Gasteiger charge is 2.02. The second-order valence-electron chi connectivity index (χ2n) is 4.35. The molecule has 18 heavy (non-hydrogen) atoms. The van der Waals surface area contributed by atoms with Crippen LogP contribution in [0.4, 0.5) is 0 Å². The molecule has 0 aliphatic carbocycles. The second kappa shape index (κ2) is 4.75. The van der Waals surface area contributed by atoms with E-state index in [2.05, 4.69) is 47.4 Å². The summed E-state index contributed by atoms with van der Waals surface area (Å²) < 4.78 is 0.918. The van der Waals surface area contributed by atoms with E-state index < -0.39 is 0 Å². The molecule has 1 aromatic heterocycles. The number of aromatic amines is 1. The third-order valence-corrected chi connectivity index (χ3v) is 3.56. The number of rotatable bonds is 2. The molecule has 0 bridgehead atoms. The number of nitrogens with one attached hydrogen (secondary N) is 1. The Morgan fingerprint density at radius 1 is 0.889 bits per heavy atom. The molecule has 0 amide bonds. The number of hydrogen-bond acceptors (Lipinski definition) is 1. The fourth-order valence-electron chi connectivity index (χ4n) is 2.24. The minimum atomic E-state index is 0.873. The van der Waals surface area contributed by atoms with Gasteiger partial charge < -0.3 is 4.98 Å². The molecule has 0 atom stereocenters. The summed E-state index contributed by atoms with van der Waals surface area (Å²) in [7, 11) is 0. The van der Waals surface area contributed by atoms with E-state index in [0.717, 1.165) is 10.9 Å². The van der Waals surface area contributed by atoms with Crippen molar-refractivity contribution >= 4 is 23.0 Å². The van der Waals surface area contributed by atoms with Gasteiger partial charge in [-0.2, -0.15) is 0 Å².